The van der Waals surface area contributed by atoms with Crippen molar-refractivity contribution in [3.63, 3.8) is 0 Å². The molecule has 1 heterocycles. The van der Waals surface area contributed by atoms with Gasteiger partial charge >= 0.3 is 0 Å². The van der Waals surface area contributed by atoms with Gasteiger partial charge in [-0.2, -0.15) is 0 Å². The normalized spacial score (nSPS) is 11.2. The number of nitrogens with zero attached hydrogens (tertiary/aromatic N) is 2. The zero-order chi connectivity index (χ0) is 17.1. The molecule has 0 saturated heterocycles. The van der Waals surface area contributed by atoms with Crippen LogP contribution in [0.15, 0.2) is 54.6 Å². The van der Waals surface area contributed by atoms with Crippen molar-refractivity contribution in [1.82, 2.24) is 9.47 Å². The number of para-hydroxylation sites is 1. The quantitative estimate of drug-likeness (QED) is 0.714. The van der Waals surface area contributed by atoms with Crippen LogP contribution >= 0.6 is 0 Å². The van der Waals surface area contributed by atoms with Gasteiger partial charge in [0.2, 0.25) is 5.91 Å². The number of hydrogen-bond acceptors (Lipinski definition) is 3. The van der Waals surface area contributed by atoms with Crippen LogP contribution in [0.5, 0.6) is 5.75 Å². The van der Waals surface area contributed by atoms with E-state index in [1.54, 1.807) is 11.5 Å². The minimum Gasteiger partial charge on any atom is -0.489 e. The minimum absolute atomic E-state index is 0.0208. The molecule has 4 heteroatoms. The molecule has 2 aromatic carbocycles. The van der Waals surface area contributed by atoms with Crippen LogP contribution < -0.4 is 4.74 Å². The molecule has 0 saturated carbocycles. The molecule has 0 aliphatic carbocycles. The number of rotatable bonds is 5. The molecule has 124 valence electrons. The van der Waals surface area contributed by atoms with E-state index in [2.05, 4.69) is 4.90 Å². The monoisotopic (exact) mass is 322 g/mol. The van der Waals surface area contributed by atoms with Crippen molar-refractivity contribution in [1.29, 1.82) is 0 Å². The molecule has 4 nitrogen and oxygen atoms in total. The standard InChI is InChI=1S/C20H22N2O2/c1-15(23)22-18-12-8-7-11-17(18)20(24-14-13-21(2)3)19(22)16-9-5-4-6-10-16/h4-12H,13-14H2,1-3H3. The molecule has 0 aliphatic rings. The topological polar surface area (TPSA) is 34.5 Å². The van der Waals surface area contributed by atoms with E-state index in [4.69, 9.17) is 4.74 Å². The first-order valence-electron chi connectivity index (χ1n) is 8.07. The fraction of sp³-hybridized carbons (Fsp3) is 0.250. The molecule has 0 radical (unpaired) electrons. The Morgan fingerprint density at radius 3 is 2.38 bits per heavy atom. The van der Waals surface area contributed by atoms with E-state index in [0.29, 0.717) is 6.61 Å². The molecule has 0 fully saturated rings. The number of benzene rings is 2. The van der Waals surface area contributed by atoms with Gasteiger partial charge in [-0.1, -0.05) is 42.5 Å². The SMILES string of the molecule is CC(=O)n1c(-c2ccccc2)c(OCCN(C)C)c2ccccc21. The average molecular weight is 322 g/mol. The van der Waals surface area contributed by atoms with Crippen molar-refractivity contribution in [2.75, 3.05) is 27.2 Å². The zero-order valence-corrected chi connectivity index (χ0v) is 14.3. The molecular weight excluding hydrogens is 300 g/mol. The summed E-state index contributed by atoms with van der Waals surface area (Å²) in [5, 5.41) is 0.963. The molecule has 0 aliphatic heterocycles. The summed E-state index contributed by atoms with van der Waals surface area (Å²) < 4.78 is 7.88. The average Bonchev–Trinajstić information content (AvgIpc) is 2.90. The lowest BCUT2D eigenvalue weighted by Crippen LogP contribution is -2.19. The Balaban J connectivity index is 2.21. The number of carbonyl (C=O) groups is 1. The summed E-state index contributed by atoms with van der Waals surface area (Å²) >= 11 is 0. The fourth-order valence-corrected chi connectivity index (χ4v) is 2.87. The van der Waals surface area contributed by atoms with Crippen LogP contribution in [0.25, 0.3) is 22.2 Å². The Labute approximate surface area is 142 Å². The van der Waals surface area contributed by atoms with Crippen LogP contribution in [0.3, 0.4) is 0 Å². The van der Waals surface area contributed by atoms with Gasteiger partial charge in [-0.3, -0.25) is 9.36 Å². The highest BCUT2D eigenvalue weighted by Crippen LogP contribution is 2.40. The Morgan fingerprint density at radius 1 is 1.04 bits per heavy atom. The summed E-state index contributed by atoms with van der Waals surface area (Å²) in [6.07, 6.45) is 0. The van der Waals surface area contributed by atoms with Crippen LogP contribution in [-0.4, -0.2) is 42.6 Å². The summed E-state index contributed by atoms with van der Waals surface area (Å²) in [4.78, 5) is 14.4. The van der Waals surface area contributed by atoms with Gasteiger partial charge in [0.25, 0.3) is 0 Å². The smallest absolute Gasteiger partial charge is 0.228 e. The Kier molecular flexibility index (Phi) is 4.67. The predicted molar refractivity (Wildman–Crippen MR) is 97.7 cm³/mol. The van der Waals surface area contributed by atoms with Gasteiger partial charge in [0, 0.05) is 24.4 Å². The summed E-state index contributed by atoms with van der Waals surface area (Å²) in [7, 11) is 4.03. The molecule has 3 aromatic rings. The zero-order valence-electron chi connectivity index (χ0n) is 14.3. The lowest BCUT2D eigenvalue weighted by molar-refractivity contribution is 0.0943. The molecule has 24 heavy (non-hydrogen) atoms. The van der Waals surface area contributed by atoms with E-state index >= 15 is 0 Å². The molecule has 0 spiro atoms. The number of hydrogen-bond donors (Lipinski definition) is 0. The summed E-state index contributed by atoms with van der Waals surface area (Å²) in [6, 6.07) is 17.8. The van der Waals surface area contributed by atoms with Crippen molar-refractivity contribution in [3.8, 4) is 17.0 Å². The third kappa shape index (κ3) is 3.05. The number of aromatic nitrogens is 1. The maximum atomic E-state index is 12.3. The second kappa shape index (κ2) is 6.89. The number of likely N-dealkylation sites (N-methyl/N-ethyl adjacent to an activating group) is 1. The van der Waals surface area contributed by atoms with E-state index in [0.717, 1.165) is 34.5 Å². The Bertz CT molecular complexity index is 851. The second-order valence-corrected chi connectivity index (χ2v) is 6.07. The summed E-state index contributed by atoms with van der Waals surface area (Å²) in [5.41, 5.74) is 2.68. The molecule has 3 rings (SSSR count). The van der Waals surface area contributed by atoms with E-state index in [9.17, 15) is 4.79 Å². The fourth-order valence-electron chi connectivity index (χ4n) is 2.87. The van der Waals surface area contributed by atoms with Gasteiger partial charge in [-0.25, -0.2) is 0 Å². The minimum atomic E-state index is -0.0208. The second-order valence-electron chi connectivity index (χ2n) is 6.07. The van der Waals surface area contributed by atoms with Gasteiger partial charge in [-0.05, 0) is 26.2 Å². The van der Waals surface area contributed by atoms with Crippen molar-refractivity contribution < 1.29 is 9.53 Å². The van der Waals surface area contributed by atoms with Crippen molar-refractivity contribution in [2.45, 2.75) is 6.92 Å². The largest absolute Gasteiger partial charge is 0.489 e. The number of ether oxygens (including phenoxy) is 1. The first-order valence-corrected chi connectivity index (χ1v) is 8.07. The lowest BCUT2D eigenvalue weighted by Gasteiger charge is -2.13. The van der Waals surface area contributed by atoms with Crippen LogP contribution in [0.1, 0.15) is 11.7 Å². The van der Waals surface area contributed by atoms with Crippen LogP contribution in [0.4, 0.5) is 0 Å². The molecule has 0 atom stereocenters. The third-order valence-electron chi connectivity index (χ3n) is 3.98. The van der Waals surface area contributed by atoms with Crippen LogP contribution in [-0.2, 0) is 0 Å². The Morgan fingerprint density at radius 2 is 1.71 bits per heavy atom. The van der Waals surface area contributed by atoms with E-state index in [1.807, 2.05) is 68.7 Å². The van der Waals surface area contributed by atoms with Gasteiger partial charge in [-0.15, -0.1) is 0 Å². The summed E-state index contributed by atoms with van der Waals surface area (Å²) in [5.74, 6) is 0.751. The van der Waals surface area contributed by atoms with Gasteiger partial charge in [0.05, 0.1) is 11.2 Å². The van der Waals surface area contributed by atoms with Gasteiger partial charge < -0.3 is 9.64 Å². The molecule has 0 amide bonds. The highest BCUT2D eigenvalue weighted by molar-refractivity contribution is 6.03. The van der Waals surface area contributed by atoms with Crippen LogP contribution in [0, 0.1) is 0 Å². The first kappa shape index (κ1) is 16.3. The maximum absolute atomic E-state index is 12.3. The maximum Gasteiger partial charge on any atom is 0.228 e. The molecule has 0 unspecified atom stereocenters. The van der Waals surface area contributed by atoms with Gasteiger partial charge in [0.15, 0.2) is 5.75 Å². The highest BCUT2D eigenvalue weighted by Gasteiger charge is 2.21. The van der Waals surface area contributed by atoms with Crippen molar-refractivity contribution >= 4 is 16.8 Å². The molecule has 0 N–H and O–H groups in total. The number of fused-ring (bicyclic) bond motifs is 1. The third-order valence-corrected chi connectivity index (χ3v) is 3.98. The van der Waals surface area contributed by atoms with Crippen molar-refractivity contribution in [3.05, 3.63) is 54.6 Å². The van der Waals surface area contributed by atoms with Crippen LogP contribution in [0.2, 0.25) is 0 Å². The Hall–Kier alpha value is -2.59. The van der Waals surface area contributed by atoms with Gasteiger partial charge in [0.1, 0.15) is 6.61 Å². The molecular formula is C20H22N2O2. The van der Waals surface area contributed by atoms with E-state index in [1.165, 1.54) is 0 Å². The predicted octanol–water partition coefficient (Wildman–Crippen LogP) is 3.91. The summed E-state index contributed by atoms with van der Waals surface area (Å²) in [6.45, 7) is 2.97. The van der Waals surface area contributed by atoms with Crippen molar-refractivity contribution in [2.24, 2.45) is 0 Å². The number of carbonyl (C=O) groups excluding carboxylic acids is 1. The van der Waals surface area contributed by atoms with E-state index in [-0.39, 0.29) is 5.91 Å². The molecule has 0 bridgehead atoms. The first-order chi connectivity index (χ1) is 11.6. The molecule has 1 aromatic heterocycles. The lowest BCUT2D eigenvalue weighted by atomic mass is 10.1. The highest BCUT2D eigenvalue weighted by atomic mass is 16.5. The van der Waals surface area contributed by atoms with E-state index < -0.39 is 0 Å².